The minimum absolute atomic E-state index is 0.238. The molecule has 0 aliphatic heterocycles. The maximum absolute atomic E-state index is 12.9. The number of methoxy groups -OCH3 is 1. The summed E-state index contributed by atoms with van der Waals surface area (Å²) in [5, 5.41) is 4.92. The van der Waals surface area contributed by atoms with Gasteiger partial charge in [-0.05, 0) is 47.2 Å². The molecule has 0 unspecified atom stereocenters. The summed E-state index contributed by atoms with van der Waals surface area (Å²) in [6.07, 6.45) is 3.32. The molecule has 146 valence electrons. The molecule has 1 amide bonds. The van der Waals surface area contributed by atoms with Crippen LogP contribution in [0.3, 0.4) is 0 Å². The van der Waals surface area contributed by atoms with Gasteiger partial charge in [-0.3, -0.25) is 9.78 Å². The van der Waals surface area contributed by atoms with Crippen molar-refractivity contribution in [3.8, 4) is 17.2 Å². The van der Waals surface area contributed by atoms with Crippen molar-refractivity contribution < 1.29 is 13.9 Å². The summed E-state index contributed by atoms with van der Waals surface area (Å²) >= 11 is 0. The minimum Gasteiger partial charge on any atom is -0.496 e. The predicted octanol–water partition coefficient (Wildman–Crippen LogP) is 5.30. The molecule has 0 atom stereocenters. The fourth-order valence-electron chi connectivity index (χ4n) is 3.36. The van der Waals surface area contributed by atoms with Crippen LogP contribution in [-0.4, -0.2) is 23.0 Å². The first-order valence-corrected chi connectivity index (χ1v) is 9.40. The molecule has 0 saturated carbocycles. The number of aromatic nitrogens is 2. The summed E-state index contributed by atoms with van der Waals surface area (Å²) in [7, 11) is 1.56. The molecule has 0 saturated heterocycles. The number of oxazole rings is 1. The molecular weight excluding hydrogens is 378 g/mol. The number of fused-ring (bicyclic) bond motifs is 2. The molecule has 0 aliphatic carbocycles. The van der Waals surface area contributed by atoms with Gasteiger partial charge in [0.05, 0.1) is 18.9 Å². The van der Waals surface area contributed by atoms with Crippen LogP contribution >= 0.6 is 0 Å². The van der Waals surface area contributed by atoms with Crippen molar-refractivity contribution in [3.05, 3.63) is 84.7 Å². The number of nitrogens with one attached hydrogen (secondary N) is 1. The highest BCUT2D eigenvalue weighted by Crippen LogP contribution is 2.28. The van der Waals surface area contributed by atoms with Crippen molar-refractivity contribution in [2.24, 2.45) is 0 Å². The molecule has 5 rings (SSSR count). The zero-order valence-electron chi connectivity index (χ0n) is 16.1. The zero-order chi connectivity index (χ0) is 20.5. The van der Waals surface area contributed by atoms with E-state index in [1.54, 1.807) is 25.6 Å². The molecule has 1 N–H and O–H groups in total. The summed E-state index contributed by atoms with van der Waals surface area (Å²) in [4.78, 5) is 21.4. The van der Waals surface area contributed by atoms with Gasteiger partial charge in [0.25, 0.3) is 5.91 Å². The fourth-order valence-corrected chi connectivity index (χ4v) is 3.36. The monoisotopic (exact) mass is 395 g/mol. The number of nitrogens with zero attached hydrogens (tertiary/aromatic N) is 2. The third-order valence-electron chi connectivity index (χ3n) is 4.89. The van der Waals surface area contributed by atoms with Gasteiger partial charge in [0, 0.05) is 23.5 Å². The Labute approximate surface area is 172 Å². The van der Waals surface area contributed by atoms with Crippen LogP contribution in [0.25, 0.3) is 33.3 Å². The van der Waals surface area contributed by atoms with Gasteiger partial charge in [0.1, 0.15) is 11.3 Å². The standard InChI is InChI=1S/C24H17N3O3/c1-29-22-13-17-5-3-2-4-16(17)12-19(22)23(28)26-18-8-6-15(7-9-18)24-27-20-14-25-11-10-21(20)30-24/h2-14H,1H3,(H,26,28). The first-order valence-electron chi connectivity index (χ1n) is 9.40. The van der Waals surface area contributed by atoms with Crippen LogP contribution in [0.5, 0.6) is 5.75 Å². The zero-order valence-corrected chi connectivity index (χ0v) is 16.1. The SMILES string of the molecule is COc1cc2ccccc2cc1C(=O)Nc1ccc(-c2nc3cnccc3o2)cc1. The van der Waals surface area contributed by atoms with Gasteiger partial charge in [0.2, 0.25) is 5.89 Å². The second-order valence-electron chi connectivity index (χ2n) is 6.79. The highest BCUT2D eigenvalue weighted by atomic mass is 16.5. The summed E-state index contributed by atoms with van der Waals surface area (Å²) in [5.74, 6) is 0.799. The molecule has 5 aromatic rings. The van der Waals surface area contributed by atoms with E-state index in [9.17, 15) is 4.79 Å². The van der Waals surface area contributed by atoms with Crippen LogP contribution in [0.15, 0.2) is 83.5 Å². The van der Waals surface area contributed by atoms with Crippen LogP contribution in [-0.2, 0) is 0 Å². The van der Waals surface area contributed by atoms with E-state index in [1.165, 1.54) is 0 Å². The maximum Gasteiger partial charge on any atom is 0.259 e. The van der Waals surface area contributed by atoms with Crippen LogP contribution in [0.1, 0.15) is 10.4 Å². The normalized spacial score (nSPS) is 11.0. The Morgan fingerprint density at radius 2 is 1.77 bits per heavy atom. The van der Waals surface area contributed by atoms with Gasteiger partial charge in [-0.25, -0.2) is 4.98 Å². The largest absolute Gasteiger partial charge is 0.496 e. The molecule has 6 nitrogen and oxygen atoms in total. The van der Waals surface area contributed by atoms with Crippen molar-refractivity contribution in [2.45, 2.75) is 0 Å². The summed E-state index contributed by atoms with van der Waals surface area (Å²) in [6.45, 7) is 0. The Balaban J connectivity index is 1.40. The molecule has 2 heterocycles. The van der Waals surface area contributed by atoms with Crippen LogP contribution in [0.2, 0.25) is 0 Å². The number of rotatable bonds is 4. The Hall–Kier alpha value is -4.19. The molecule has 0 radical (unpaired) electrons. The van der Waals surface area contributed by atoms with Gasteiger partial charge >= 0.3 is 0 Å². The van der Waals surface area contributed by atoms with E-state index < -0.39 is 0 Å². The van der Waals surface area contributed by atoms with E-state index in [1.807, 2.05) is 60.7 Å². The molecule has 30 heavy (non-hydrogen) atoms. The Kier molecular flexibility index (Phi) is 4.37. The molecule has 3 aromatic carbocycles. The van der Waals surface area contributed by atoms with Gasteiger partial charge in [-0.15, -0.1) is 0 Å². The van der Waals surface area contributed by atoms with Crippen LogP contribution < -0.4 is 10.1 Å². The number of hydrogen-bond donors (Lipinski definition) is 1. The van der Waals surface area contributed by atoms with E-state index in [0.29, 0.717) is 34.0 Å². The number of anilines is 1. The third-order valence-corrected chi connectivity index (χ3v) is 4.89. The van der Waals surface area contributed by atoms with Gasteiger partial charge in [-0.2, -0.15) is 0 Å². The van der Waals surface area contributed by atoms with E-state index >= 15 is 0 Å². The van der Waals surface area contributed by atoms with E-state index in [-0.39, 0.29) is 5.91 Å². The minimum atomic E-state index is -0.238. The highest BCUT2D eigenvalue weighted by Gasteiger charge is 2.14. The lowest BCUT2D eigenvalue weighted by atomic mass is 10.1. The Bertz CT molecular complexity index is 1340. The van der Waals surface area contributed by atoms with Crippen molar-refractivity contribution >= 4 is 33.5 Å². The lowest BCUT2D eigenvalue weighted by Crippen LogP contribution is -2.13. The molecule has 0 bridgehead atoms. The molecule has 6 heteroatoms. The molecule has 2 aromatic heterocycles. The smallest absolute Gasteiger partial charge is 0.259 e. The Morgan fingerprint density at radius 1 is 1.00 bits per heavy atom. The van der Waals surface area contributed by atoms with Crippen molar-refractivity contribution in [2.75, 3.05) is 12.4 Å². The van der Waals surface area contributed by atoms with Crippen LogP contribution in [0, 0.1) is 0 Å². The number of hydrogen-bond acceptors (Lipinski definition) is 5. The van der Waals surface area contributed by atoms with Gasteiger partial charge < -0.3 is 14.5 Å². The fraction of sp³-hybridized carbons (Fsp3) is 0.0417. The molecule has 0 spiro atoms. The Morgan fingerprint density at radius 3 is 2.50 bits per heavy atom. The highest BCUT2D eigenvalue weighted by molar-refractivity contribution is 6.08. The average molecular weight is 395 g/mol. The van der Waals surface area contributed by atoms with Gasteiger partial charge in [0.15, 0.2) is 5.58 Å². The van der Waals surface area contributed by atoms with Crippen molar-refractivity contribution in [1.29, 1.82) is 0 Å². The number of benzene rings is 3. The third kappa shape index (κ3) is 3.24. The lowest BCUT2D eigenvalue weighted by molar-refractivity contribution is 0.102. The van der Waals surface area contributed by atoms with E-state index in [4.69, 9.17) is 9.15 Å². The quantitative estimate of drug-likeness (QED) is 0.447. The molecule has 0 aliphatic rings. The summed E-state index contributed by atoms with van der Waals surface area (Å²) in [6, 6.07) is 20.7. The second-order valence-corrected chi connectivity index (χ2v) is 6.79. The first kappa shape index (κ1) is 17.9. The molecular formula is C24H17N3O3. The number of amides is 1. The number of carbonyl (C=O) groups is 1. The predicted molar refractivity (Wildman–Crippen MR) is 116 cm³/mol. The number of pyridine rings is 1. The number of carbonyl (C=O) groups excluding carboxylic acids is 1. The molecule has 0 fully saturated rings. The second kappa shape index (κ2) is 7.33. The maximum atomic E-state index is 12.9. The van der Waals surface area contributed by atoms with Crippen LogP contribution in [0.4, 0.5) is 5.69 Å². The first-order chi connectivity index (χ1) is 14.7. The number of ether oxygens (including phenoxy) is 1. The van der Waals surface area contributed by atoms with Gasteiger partial charge in [-0.1, -0.05) is 24.3 Å². The lowest BCUT2D eigenvalue weighted by Gasteiger charge is -2.11. The van der Waals surface area contributed by atoms with E-state index in [2.05, 4.69) is 15.3 Å². The summed E-state index contributed by atoms with van der Waals surface area (Å²) in [5.41, 5.74) is 3.34. The van der Waals surface area contributed by atoms with Crippen molar-refractivity contribution in [3.63, 3.8) is 0 Å². The average Bonchev–Trinajstić information content (AvgIpc) is 3.23. The summed E-state index contributed by atoms with van der Waals surface area (Å²) < 4.78 is 11.2. The van der Waals surface area contributed by atoms with Crippen molar-refractivity contribution in [1.82, 2.24) is 9.97 Å². The van der Waals surface area contributed by atoms with E-state index in [0.717, 1.165) is 16.3 Å². The topological polar surface area (TPSA) is 77.2 Å².